The van der Waals surface area contributed by atoms with Gasteiger partial charge in [-0.3, -0.25) is 14.4 Å². The minimum absolute atomic E-state index is 0.0727. The molecule has 0 saturated carbocycles. The maximum absolute atomic E-state index is 13.1. The van der Waals surface area contributed by atoms with Gasteiger partial charge in [-0.1, -0.05) is 63.6 Å². The number of hydrogen-bond acceptors (Lipinski definition) is 3. The zero-order valence-electron chi connectivity index (χ0n) is 18.1. The van der Waals surface area contributed by atoms with E-state index in [1.807, 2.05) is 51.1 Å². The Balaban J connectivity index is 2.05. The van der Waals surface area contributed by atoms with Crippen molar-refractivity contribution in [2.24, 2.45) is 5.92 Å². The standard InChI is InChI=1S/C24H31N3O3/c1-5-17(3)22(26-23(29)19-13-8-7-9-14-19)24(30)27(4)16-21(28)25-20-15-11-10-12-18(20)6-2/h7-15,17,22H,5-6,16H2,1-4H3,(H,25,28)(H,26,29). The Morgan fingerprint density at radius 3 is 2.23 bits per heavy atom. The third-order valence-corrected chi connectivity index (χ3v) is 5.23. The van der Waals surface area contributed by atoms with Crippen LogP contribution in [0.15, 0.2) is 54.6 Å². The molecule has 0 fully saturated rings. The van der Waals surface area contributed by atoms with Crippen molar-refractivity contribution in [1.82, 2.24) is 10.2 Å². The maximum Gasteiger partial charge on any atom is 0.251 e. The lowest BCUT2D eigenvalue weighted by atomic mass is 9.97. The zero-order valence-corrected chi connectivity index (χ0v) is 18.1. The molecule has 0 aromatic heterocycles. The van der Waals surface area contributed by atoms with Gasteiger partial charge in [-0.2, -0.15) is 0 Å². The second kappa shape index (κ2) is 11.1. The van der Waals surface area contributed by atoms with Gasteiger partial charge in [-0.05, 0) is 36.1 Å². The average molecular weight is 410 g/mol. The number of benzene rings is 2. The Kier molecular flexibility index (Phi) is 8.59. The molecular formula is C24H31N3O3. The van der Waals surface area contributed by atoms with Crippen molar-refractivity contribution >= 4 is 23.4 Å². The number of carbonyl (C=O) groups excluding carboxylic acids is 3. The number of aryl methyl sites for hydroxylation is 1. The number of anilines is 1. The molecule has 0 heterocycles. The topological polar surface area (TPSA) is 78.5 Å². The second-order valence-corrected chi connectivity index (χ2v) is 7.46. The lowest BCUT2D eigenvalue weighted by molar-refractivity contribution is -0.136. The smallest absolute Gasteiger partial charge is 0.251 e. The third kappa shape index (κ3) is 6.17. The molecule has 0 aliphatic rings. The highest BCUT2D eigenvalue weighted by atomic mass is 16.2. The average Bonchev–Trinajstić information content (AvgIpc) is 2.77. The molecule has 0 bridgehead atoms. The van der Waals surface area contributed by atoms with Crippen LogP contribution in [0.4, 0.5) is 5.69 Å². The molecular weight excluding hydrogens is 378 g/mol. The first-order chi connectivity index (χ1) is 14.4. The Bertz CT molecular complexity index is 867. The van der Waals surface area contributed by atoms with E-state index in [1.165, 1.54) is 4.90 Å². The molecule has 30 heavy (non-hydrogen) atoms. The number of carbonyl (C=O) groups is 3. The van der Waals surface area contributed by atoms with Gasteiger partial charge in [0.15, 0.2) is 0 Å². The molecule has 2 aromatic carbocycles. The fourth-order valence-electron chi connectivity index (χ4n) is 3.17. The molecule has 2 aromatic rings. The van der Waals surface area contributed by atoms with Crippen molar-refractivity contribution in [1.29, 1.82) is 0 Å². The molecule has 2 atom stereocenters. The van der Waals surface area contributed by atoms with Gasteiger partial charge in [0.1, 0.15) is 6.04 Å². The van der Waals surface area contributed by atoms with E-state index in [2.05, 4.69) is 10.6 Å². The summed E-state index contributed by atoms with van der Waals surface area (Å²) in [6, 6.07) is 15.7. The SMILES string of the molecule is CCc1ccccc1NC(=O)CN(C)C(=O)C(NC(=O)c1ccccc1)C(C)CC. The number of nitrogens with one attached hydrogen (secondary N) is 2. The maximum atomic E-state index is 13.1. The largest absolute Gasteiger partial charge is 0.340 e. The van der Waals surface area contributed by atoms with Gasteiger partial charge >= 0.3 is 0 Å². The van der Waals surface area contributed by atoms with Crippen LogP contribution in [0.3, 0.4) is 0 Å². The normalized spacial score (nSPS) is 12.5. The quantitative estimate of drug-likeness (QED) is 0.665. The summed E-state index contributed by atoms with van der Waals surface area (Å²) in [6.45, 7) is 5.81. The van der Waals surface area contributed by atoms with Crippen molar-refractivity contribution < 1.29 is 14.4 Å². The molecule has 0 radical (unpaired) electrons. The van der Waals surface area contributed by atoms with E-state index < -0.39 is 6.04 Å². The summed E-state index contributed by atoms with van der Waals surface area (Å²) in [4.78, 5) is 39.5. The Morgan fingerprint density at radius 2 is 1.60 bits per heavy atom. The number of hydrogen-bond donors (Lipinski definition) is 2. The van der Waals surface area contributed by atoms with Crippen molar-refractivity contribution in [3.8, 4) is 0 Å². The molecule has 0 saturated heterocycles. The van der Waals surface area contributed by atoms with Crippen LogP contribution in [0, 0.1) is 5.92 Å². The summed E-state index contributed by atoms with van der Waals surface area (Å²) >= 11 is 0. The summed E-state index contributed by atoms with van der Waals surface area (Å²) in [6.07, 6.45) is 1.52. The predicted molar refractivity (Wildman–Crippen MR) is 119 cm³/mol. The first-order valence-corrected chi connectivity index (χ1v) is 10.4. The third-order valence-electron chi connectivity index (χ3n) is 5.23. The fraction of sp³-hybridized carbons (Fsp3) is 0.375. The highest BCUT2D eigenvalue weighted by Gasteiger charge is 2.29. The number of likely N-dealkylation sites (N-methyl/N-ethyl adjacent to an activating group) is 1. The van der Waals surface area contributed by atoms with Crippen molar-refractivity contribution in [3.05, 3.63) is 65.7 Å². The molecule has 2 N–H and O–H groups in total. The van der Waals surface area contributed by atoms with Crippen LogP contribution in [0.2, 0.25) is 0 Å². The highest BCUT2D eigenvalue weighted by molar-refractivity contribution is 5.99. The van der Waals surface area contributed by atoms with Crippen LogP contribution in [-0.4, -0.2) is 42.3 Å². The lowest BCUT2D eigenvalue weighted by Crippen LogP contribution is -2.52. The fourth-order valence-corrected chi connectivity index (χ4v) is 3.17. The van der Waals surface area contributed by atoms with E-state index in [0.717, 1.165) is 24.1 Å². The number of nitrogens with zero attached hydrogens (tertiary/aromatic N) is 1. The molecule has 2 rings (SSSR count). The van der Waals surface area contributed by atoms with Gasteiger partial charge in [-0.25, -0.2) is 0 Å². The van der Waals surface area contributed by atoms with Gasteiger partial charge < -0.3 is 15.5 Å². The van der Waals surface area contributed by atoms with Crippen LogP contribution in [0.25, 0.3) is 0 Å². The summed E-state index contributed by atoms with van der Waals surface area (Å²) in [5.74, 6) is -0.933. The number of rotatable bonds is 9. The molecule has 6 nitrogen and oxygen atoms in total. The van der Waals surface area contributed by atoms with Gasteiger partial charge in [0.2, 0.25) is 11.8 Å². The van der Waals surface area contributed by atoms with Crippen molar-refractivity contribution in [2.75, 3.05) is 18.9 Å². The van der Waals surface area contributed by atoms with Crippen molar-refractivity contribution in [2.45, 2.75) is 39.7 Å². The van der Waals surface area contributed by atoms with E-state index >= 15 is 0 Å². The molecule has 6 heteroatoms. The molecule has 0 aliphatic heterocycles. The first-order valence-electron chi connectivity index (χ1n) is 10.4. The van der Waals surface area contributed by atoms with E-state index in [-0.39, 0.29) is 30.2 Å². The summed E-state index contributed by atoms with van der Waals surface area (Å²) in [7, 11) is 1.58. The molecule has 0 aliphatic carbocycles. The highest BCUT2D eigenvalue weighted by Crippen LogP contribution is 2.16. The monoisotopic (exact) mass is 409 g/mol. The van der Waals surface area contributed by atoms with Crippen LogP contribution >= 0.6 is 0 Å². The predicted octanol–water partition coefficient (Wildman–Crippen LogP) is 3.49. The molecule has 160 valence electrons. The molecule has 2 unspecified atom stereocenters. The number of amides is 3. The van der Waals surface area contributed by atoms with Gasteiger partial charge in [0.05, 0.1) is 6.54 Å². The van der Waals surface area contributed by atoms with Crippen LogP contribution in [0.5, 0.6) is 0 Å². The van der Waals surface area contributed by atoms with Crippen LogP contribution in [0.1, 0.15) is 43.1 Å². The Labute approximate surface area is 178 Å². The van der Waals surface area contributed by atoms with Crippen molar-refractivity contribution in [3.63, 3.8) is 0 Å². The summed E-state index contributed by atoms with van der Waals surface area (Å²) in [5, 5.41) is 5.72. The molecule has 0 spiro atoms. The molecule has 3 amide bonds. The van der Waals surface area contributed by atoms with Gasteiger partial charge in [-0.15, -0.1) is 0 Å². The van der Waals surface area contributed by atoms with E-state index in [1.54, 1.807) is 31.3 Å². The van der Waals surface area contributed by atoms with Gasteiger partial charge in [0.25, 0.3) is 5.91 Å². The van der Waals surface area contributed by atoms with E-state index in [0.29, 0.717) is 5.56 Å². The van der Waals surface area contributed by atoms with E-state index in [4.69, 9.17) is 0 Å². The Morgan fingerprint density at radius 1 is 0.967 bits per heavy atom. The minimum atomic E-state index is -0.705. The number of para-hydroxylation sites is 1. The lowest BCUT2D eigenvalue weighted by Gasteiger charge is -2.28. The van der Waals surface area contributed by atoms with Crippen LogP contribution in [-0.2, 0) is 16.0 Å². The van der Waals surface area contributed by atoms with Crippen LogP contribution < -0.4 is 10.6 Å². The van der Waals surface area contributed by atoms with Gasteiger partial charge in [0, 0.05) is 18.3 Å². The Hall–Kier alpha value is -3.15. The minimum Gasteiger partial charge on any atom is -0.340 e. The zero-order chi connectivity index (χ0) is 22.1. The van der Waals surface area contributed by atoms with E-state index in [9.17, 15) is 14.4 Å². The second-order valence-electron chi connectivity index (χ2n) is 7.46. The summed E-state index contributed by atoms with van der Waals surface area (Å²) in [5.41, 5.74) is 2.28. The first kappa shape index (κ1) is 23.1. The summed E-state index contributed by atoms with van der Waals surface area (Å²) < 4.78 is 0.